The van der Waals surface area contributed by atoms with Gasteiger partial charge in [-0.25, -0.2) is 0 Å². The van der Waals surface area contributed by atoms with Crippen LogP contribution in [0.15, 0.2) is 34.9 Å². The van der Waals surface area contributed by atoms with Gasteiger partial charge in [-0.1, -0.05) is 29.3 Å². The molecule has 1 N–H and O–H groups in total. The third kappa shape index (κ3) is 3.76. The summed E-state index contributed by atoms with van der Waals surface area (Å²) in [6, 6.07) is 1.93. The van der Waals surface area contributed by atoms with Crippen LogP contribution in [-0.2, 0) is 16.0 Å². The maximum absolute atomic E-state index is 13.0. The number of fused-ring (bicyclic) bond motifs is 3. The zero-order valence-electron chi connectivity index (χ0n) is 16.6. The molecule has 1 aromatic carbocycles. The van der Waals surface area contributed by atoms with Gasteiger partial charge in [-0.15, -0.1) is 0 Å². The lowest BCUT2D eigenvalue weighted by atomic mass is 9.92. The molecule has 144 valence electrons. The minimum absolute atomic E-state index is 0.00502. The van der Waals surface area contributed by atoms with Gasteiger partial charge in [0.05, 0.1) is 5.02 Å². The van der Waals surface area contributed by atoms with Crippen molar-refractivity contribution in [1.82, 2.24) is 0 Å². The van der Waals surface area contributed by atoms with Crippen LogP contribution in [0.5, 0.6) is 5.75 Å². The molecule has 0 amide bonds. The van der Waals surface area contributed by atoms with E-state index in [-0.39, 0.29) is 17.6 Å². The Morgan fingerprint density at radius 2 is 1.93 bits per heavy atom. The number of carbonyl (C=O) groups excluding carboxylic acids is 1. The molecule has 1 atom stereocenters. The van der Waals surface area contributed by atoms with Crippen molar-refractivity contribution < 1.29 is 14.6 Å². The highest BCUT2D eigenvalue weighted by Gasteiger charge is 2.45. The van der Waals surface area contributed by atoms with Crippen molar-refractivity contribution in [3.05, 3.63) is 56.7 Å². The van der Waals surface area contributed by atoms with Crippen molar-refractivity contribution in [2.75, 3.05) is 0 Å². The molecule has 3 nitrogen and oxygen atoms in total. The highest BCUT2D eigenvalue weighted by molar-refractivity contribution is 6.33. The number of rotatable bonds is 0. The van der Waals surface area contributed by atoms with Gasteiger partial charge < -0.3 is 9.84 Å². The SMILES string of the molecule is C/C1=C/Cc2cc(c(C)c(Cl)c2O)/C=C2/C(=O)C(C)(C)O[C@@H]2/C(C)=C\CC1. The monoisotopic (exact) mass is 386 g/mol. The zero-order chi connectivity index (χ0) is 19.9. The molecule has 0 radical (unpaired) electrons. The van der Waals surface area contributed by atoms with E-state index in [1.165, 1.54) is 5.57 Å². The molecule has 0 unspecified atom stereocenters. The first kappa shape index (κ1) is 19.9. The summed E-state index contributed by atoms with van der Waals surface area (Å²) in [5.74, 6) is 0.116. The third-order valence-corrected chi connectivity index (χ3v) is 5.97. The number of ketones is 1. The van der Waals surface area contributed by atoms with Gasteiger partial charge in [0.25, 0.3) is 0 Å². The highest BCUT2D eigenvalue weighted by Crippen LogP contribution is 2.39. The smallest absolute Gasteiger partial charge is 0.193 e. The second-order valence-corrected chi connectivity index (χ2v) is 8.47. The Morgan fingerprint density at radius 1 is 1.22 bits per heavy atom. The highest BCUT2D eigenvalue weighted by atomic mass is 35.5. The summed E-state index contributed by atoms with van der Waals surface area (Å²) < 4.78 is 6.12. The van der Waals surface area contributed by atoms with Crippen molar-refractivity contribution in [3.8, 4) is 5.75 Å². The first-order valence-electron chi connectivity index (χ1n) is 9.39. The van der Waals surface area contributed by atoms with Gasteiger partial charge in [-0.05, 0) is 88.3 Å². The lowest BCUT2D eigenvalue weighted by Gasteiger charge is -2.17. The van der Waals surface area contributed by atoms with Gasteiger partial charge in [-0.2, -0.15) is 0 Å². The molecule has 1 aliphatic heterocycles. The number of phenolic OH excluding ortho intramolecular Hbond substituents is 1. The van der Waals surface area contributed by atoms with Gasteiger partial charge in [0, 0.05) is 5.57 Å². The van der Waals surface area contributed by atoms with Gasteiger partial charge in [0.2, 0.25) is 0 Å². The molecule has 2 bridgehead atoms. The van der Waals surface area contributed by atoms with Crippen LogP contribution < -0.4 is 0 Å². The van der Waals surface area contributed by atoms with Crippen LogP contribution >= 0.6 is 11.6 Å². The fraction of sp³-hybridized carbons (Fsp3) is 0.435. The van der Waals surface area contributed by atoms with Crippen molar-refractivity contribution in [2.24, 2.45) is 0 Å². The number of hydrogen-bond acceptors (Lipinski definition) is 3. The molecule has 1 heterocycles. The molecule has 1 aromatic rings. The predicted octanol–water partition coefficient (Wildman–Crippen LogP) is 5.71. The lowest BCUT2D eigenvalue weighted by Crippen LogP contribution is -2.27. The van der Waals surface area contributed by atoms with Crippen LogP contribution in [0.4, 0.5) is 0 Å². The molecule has 4 heteroatoms. The largest absolute Gasteiger partial charge is 0.506 e. The quantitative estimate of drug-likeness (QED) is 0.580. The van der Waals surface area contributed by atoms with Crippen LogP contribution in [-0.4, -0.2) is 22.6 Å². The van der Waals surface area contributed by atoms with E-state index in [2.05, 4.69) is 19.1 Å². The lowest BCUT2D eigenvalue weighted by molar-refractivity contribution is -0.128. The molecule has 0 aromatic heterocycles. The summed E-state index contributed by atoms with van der Waals surface area (Å²) in [5.41, 5.74) is 4.48. The zero-order valence-corrected chi connectivity index (χ0v) is 17.4. The Hall–Kier alpha value is -1.84. The topological polar surface area (TPSA) is 46.5 Å². The summed E-state index contributed by atoms with van der Waals surface area (Å²) in [6.07, 6.45) is 8.24. The number of allylic oxidation sites excluding steroid dienone is 3. The van der Waals surface area contributed by atoms with Crippen molar-refractivity contribution in [1.29, 1.82) is 0 Å². The van der Waals surface area contributed by atoms with Crippen molar-refractivity contribution in [3.63, 3.8) is 0 Å². The maximum atomic E-state index is 13.0. The Balaban J connectivity index is 2.24. The molecular weight excluding hydrogens is 360 g/mol. The summed E-state index contributed by atoms with van der Waals surface area (Å²) in [5, 5.41) is 10.8. The van der Waals surface area contributed by atoms with E-state index in [4.69, 9.17) is 16.3 Å². The van der Waals surface area contributed by atoms with Crippen molar-refractivity contribution >= 4 is 23.5 Å². The molecule has 0 saturated carbocycles. The van der Waals surface area contributed by atoms with Crippen LogP contribution in [0.1, 0.15) is 57.2 Å². The molecule has 0 spiro atoms. The molecule has 27 heavy (non-hydrogen) atoms. The summed E-state index contributed by atoms with van der Waals surface area (Å²) in [7, 11) is 0. The maximum Gasteiger partial charge on any atom is 0.193 e. The molecular formula is C23H27ClO3. The summed E-state index contributed by atoms with van der Waals surface area (Å²) in [4.78, 5) is 13.0. The number of hydrogen-bond donors (Lipinski definition) is 1. The van der Waals surface area contributed by atoms with E-state index in [1.54, 1.807) is 0 Å². The standard InChI is InChI=1S/C23H27ClO3/c1-13-7-6-8-14(2)21-18(22(26)23(4,5)27-21)12-17-11-16(10-9-13)20(25)19(24)15(17)3/h8-9,11-12,21,25H,6-7,10H2,1-5H3/b13-9-,14-8-,18-12+/t21-/m1/s1. The predicted molar refractivity (Wildman–Crippen MR) is 110 cm³/mol. The Bertz CT molecular complexity index is 887. The van der Waals surface area contributed by atoms with E-state index in [9.17, 15) is 9.90 Å². The molecule has 2 aliphatic rings. The number of ether oxygens (including phenoxy) is 1. The van der Waals surface area contributed by atoms with Crippen LogP contribution in [0, 0.1) is 6.92 Å². The molecule has 1 aliphatic carbocycles. The Morgan fingerprint density at radius 3 is 2.63 bits per heavy atom. The number of carbonyl (C=O) groups is 1. The van der Waals surface area contributed by atoms with Crippen LogP contribution in [0.25, 0.3) is 6.08 Å². The molecule has 1 saturated heterocycles. The second-order valence-electron chi connectivity index (χ2n) is 8.09. The van der Waals surface area contributed by atoms with E-state index in [0.717, 1.165) is 35.1 Å². The first-order chi connectivity index (χ1) is 12.6. The number of benzene rings is 1. The van der Waals surface area contributed by atoms with E-state index in [1.807, 2.05) is 39.8 Å². The molecule has 1 fully saturated rings. The summed E-state index contributed by atoms with van der Waals surface area (Å²) >= 11 is 6.40. The number of Topliss-reactive ketones (excluding diaryl/α,β-unsaturated/α-hetero) is 1. The van der Waals surface area contributed by atoms with Gasteiger partial charge >= 0.3 is 0 Å². The molecule has 3 rings (SSSR count). The Kier molecular flexibility index (Phi) is 5.38. The average Bonchev–Trinajstić information content (AvgIpc) is 2.84. The van der Waals surface area contributed by atoms with Gasteiger partial charge in [-0.3, -0.25) is 4.79 Å². The number of halogens is 1. The summed E-state index contributed by atoms with van der Waals surface area (Å²) in [6.45, 7) is 9.61. The second kappa shape index (κ2) is 7.29. The fourth-order valence-corrected chi connectivity index (χ4v) is 3.89. The van der Waals surface area contributed by atoms with E-state index < -0.39 is 5.60 Å². The van der Waals surface area contributed by atoms with Gasteiger partial charge in [0.1, 0.15) is 17.5 Å². The normalized spacial score (nSPS) is 28.4. The average molecular weight is 387 g/mol. The van der Waals surface area contributed by atoms with E-state index >= 15 is 0 Å². The first-order valence-corrected chi connectivity index (χ1v) is 9.77. The van der Waals surface area contributed by atoms with Crippen LogP contribution in [0.2, 0.25) is 5.02 Å². The van der Waals surface area contributed by atoms with Crippen molar-refractivity contribution in [2.45, 2.75) is 65.6 Å². The minimum Gasteiger partial charge on any atom is -0.506 e. The minimum atomic E-state index is -0.851. The van der Waals surface area contributed by atoms with Crippen LogP contribution in [0.3, 0.4) is 0 Å². The van der Waals surface area contributed by atoms with Gasteiger partial charge in [0.15, 0.2) is 5.78 Å². The Labute approximate surface area is 166 Å². The van der Waals surface area contributed by atoms with E-state index in [0.29, 0.717) is 17.0 Å². The third-order valence-electron chi connectivity index (χ3n) is 5.51. The number of phenols is 1. The number of aromatic hydroxyl groups is 1. The fourth-order valence-electron chi connectivity index (χ4n) is 3.66.